The number of halogens is 1. The fourth-order valence-corrected chi connectivity index (χ4v) is 1.60. The molecule has 1 aromatic rings. The van der Waals surface area contributed by atoms with E-state index in [1.165, 1.54) is 6.07 Å². The molecule has 100 valence electrons. The maximum Gasteiger partial charge on any atom is 0.356 e. The number of pyridine rings is 1. The van der Waals surface area contributed by atoms with Crippen LogP contribution in [0.1, 0.15) is 30.8 Å². The number of aliphatic hydroxyl groups excluding tert-OH is 1. The molecule has 0 aliphatic carbocycles. The van der Waals surface area contributed by atoms with Crippen LogP contribution in [0.25, 0.3) is 0 Å². The first-order chi connectivity index (χ1) is 8.35. The van der Waals surface area contributed by atoms with E-state index >= 15 is 0 Å². The van der Waals surface area contributed by atoms with Gasteiger partial charge in [0, 0.05) is 13.2 Å². The summed E-state index contributed by atoms with van der Waals surface area (Å²) < 4.78 is 0. The molecule has 0 spiro atoms. The van der Waals surface area contributed by atoms with Gasteiger partial charge in [0.05, 0.1) is 5.02 Å². The summed E-state index contributed by atoms with van der Waals surface area (Å²) in [6.07, 6.45) is 0.652. The molecular formula is C12H17ClN2O3. The molecule has 5 nitrogen and oxygen atoms in total. The zero-order chi connectivity index (χ0) is 13.8. The SMILES string of the molecule is CC(C)(CCO)CNc1ccc(Cl)c(C(=O)O)n1. The van der Waals surface area contributed by atoms with Crippen LogP contribution >= 0.6 is 11.6 Å². The minimum Gasteiger partial charge on any atom is -0.476 e. The maximum atomic E-state index is 10.9. The Balaban J connectivity index is 2.74. The lowest BCUT2D eigenvalue weighted by atomic mass is 9.90. The number of hydrogen-bond donors (Lipinski definition) is 3. The molecular weight excluding hydrogens is 256 g/mol. The molecule has 1 heterocycles. The number of rotatable bonds is 6. The Kier molecular flexibility index (Phi) is 4.93. The normalized spacial score (nSPS) is 11.3. The summed E-state index contributed by atoms with van der Waals surface area (Å²) >= 11 is 5.73. The monoisotopic (exact) mass is 272 g/mol. The second-order valence-electron chi connectivity index (χ2n) is 4.82. The van der Waals surface area contributed by atoms with Crippen molar-refractivity contribution in [1.82, 2.24) is 4.98 Å². The van der Waals surface area contributed by atoms with Gasteiger partial charge in [0.15, 0.2) is 5.69 Å². The van der Waals surface area contributed by atoms with E-state index < -0.39 is 5.97 Å². The van der Waals surface area contributed by atoms with Gasteiger partial charge in [0.2, 0.25) is 0 Å². The number of carboxylic acid groups (broad SMARTS) is 1. The number of aromatic carboxylic acids is 1. The quantitative estimate of drug-likeness (QED) is 0.740. The first kappa shape index (κ1) is 14.7. The summed E-state index contributed by atoms with van der Waals surface area (Å²) in [6, 6.07) is 3.13. The van der Waals surface area contributed by atoms with Gasteiger partial charge < -0.3 is 15.5 Å². The Labute approximate surface area is 111 Å². The Morgan fingerprint density at radius 1 is 1.50 bits per heavy atom. The fourth-order valence-electron chi connectivity index (χ4n) is 1.41. The molecule has 0 fully saturated rings. The summed E-state index contributed by atoms with van der Waals surface area (Å²) in [5, 5.41) is 21.0. The third-order valence-electron chi connectivity index (χ3n) is 2.59. The van der Waals surface area contributed by atoms with E-state index in [0.717, 1.165) is 0 Å². The molecule has 0 radical (unpaired) electrons. The van der Waals surface area contributed by atoms with Crippen molar-refractivity contribution in [1.29, 1.82) is 0 Å². The van der Waals surface area contributed by atoms with Crippen molar-refractivity contribution < 1.29 is 15.0 Å². The lowest BCUT2D eigenvalue weighted by Crippen LogP contribution is -2.24. The van der Waals surface area contributed by atoms with Gasteiger partial charge in [-0.25, -0.2) is 9.78 Å². The standard InChI is InChI=1S/C12H17ClN2O3/c1-12(2,5-6-16)7-14-9-4-3-8(13)10(15-9)11(17)18/h3-4,16H,5-7H2,1-2H3,(H,14,15)(H,17,18). The van der Waals surface area contributed by atoms with Crippen LogP contribution in [0.3, 0.4) is 0 Å². The van der Waals surface area contributed by atoms with Crippen molar-refractivity contribution >= 4 is 23.4 Å². The van der Waals surface area contributed by atoms with E-state index in [9.17, 15) is 4.79 Å². The summed E-state index contributed by atoms with van der Waals surface area (Å²) in [6.45, 7) is 4.71. The molecule has 0 aromatic carbocycles. The summed E-state index contributed by atoms with van der Waals surface area (Å²) in [4.78, 5) is 14.8. The number of carbonyl (C=O) groups is 1. The van der Waals surface area contributed by atoms with Crippen molar-refractivity contribution in [3.63, 3.8) is 0 Å². The first-order valence-corrected chi connectivity index (χ1v) is 5.98. The summed E-state index contributed by atoms with van der Waals surface area (Å²) in [5.74, 6) is -0.693. The zero-order valence-electron chi connectivity index (χ0n) is 10.4. The van der Waals surface area contributed by atoms with Crippen LogP contribution in [0, 0.1) is 5.41 Å². The second kappa shape index (κ2) is 6.02. The van der Waals surface area contributed by atoms with E-state index in [0.29, 0.717) is 18.8 Å². The van der Waals surface area contributed by atoms with Gasteiger partial charge in [0.25, 0.3) is 0 Å². The van der Waals surface area contributed by atoms with Gasteiger partial charge in [-0.1, -0.05) is 25.4 Å². The van der Waals surface area contributed by atoms with Crippen LogP contribution in [0.5, 0.6) is 0 Å². The third-order valence-corrected chi connectivity index (χ3v) is 2.89. The predicted molar refractivity (Wildman–Crippen MR) is 70.2 cm³/mol. The van der Waals surface area contributed by atoms with Crippen LogP contribution in [-0.2, 0) is 0 Å². The van der Waals surface area contributed by atoms with Gasteiger partial charge in [-0.05, 0) is 24.0 Å². The molecule has 0 bridgehead atoms. The van der Waals surface area contributed by atoms with Crippen LogP contribution in [0.2, 0.25) is 5.02 Å². The third kappa shape index (κ3) is 4.16. The topological polar surface area (TPSA) is 82.5 Å². The highest BCUT2D eigenvalue weighted by atomic mass is 35.5. The fraction of sp³-hybridized carbons (Fsp3) is 0.500. The van der Waals surface area contributed by atoms with Crippen molar-refractivity contribution in [2.45, 2.75) is 20.3 Å². The average molecular weight is 273 g/mol. The second-order valence-corrected chi connectivity index (χ2v) is 5.23. The highest BCUT2D eigenvalue weighted by Crippen LogP contribution is 2.21. The highest BCUT2D eigenvalue weighted by molar-refractivity contribution is 6.33. The maximum absolute atomic E-state index is 10.9. The molecule has 0 saturated carbocycles. The van der Waals surface area contributed by atoms with Gasteiger partial charge in [-0.2, -0.15) is 0 Å². The van der Waals surface area contributed by atoms with Crippen molar-refractivity contribution in [2.24, 2.45) is 5.41 Å². The number of aliphatic hydroxyl groups is 1. The van der Waals surface area contributed by atoms with E-state index in [4.69, 9.17) is 21.8 Å². The molecule has 3 N–H and O–H groups in total. The minimum atomic E-state index is -1.15. The lowest BCUT2D eigenvalue weighted by molar-refractivity contribution is 0.0691. The molecule has 0 saturated heterocycles. The number of anilines is 1. The van der Waals surface area contributed by atoms with Crippen LogP contribution in [-0.4, -0.2) is 34.3 Å². The lowest BCUT2D eigenvalue weighted by Gasteiger charge is -2.24. The Hall–Kier alpha value is -1.33. The van der Waals surface area contributed by atoms with Gasteiger partial charge in [0.1, 0.15) is 5.82 Å². The first-order valence-electron chi connectivity index (χ1n) is 5.60. The van der Waals surface area contributed by atoms with Crippen molar-refractivity contribution in [3.8, 4) is 0 Å². The molecule has 1 rings (SSSR count). The predicted octanol–water partition coefficient (Wildman–Crippen LogP) is 2.25. The molecule has 0 aliphatic heterocycles. The smallest absolute Gasteiger partial charge is 0.356 e. The molecule has 0 amide bonds. The van der Waals surface area contributed by atoms with Gasteiger partial charge >= 0.3 is 5.97 Å². The van der Waals surface area contributed by atoms with Crippen LogP contribution < -0.4 is 5.32 Å². The molecule has 1 aromatic heterocycles. The largest absolute Gasteiger partial charge is 0.476 e. The number of carboxylic acids is 1. The van der Waals surface area contributed by atoms with Gasteiger partial charge in [-0.3, -0.25) is 0 Å². The van der Waals surface area contributed by atoms with Gasteiger partial charge in [-0.15, -0.1) is 0 Å². The number of hydrogen-bond acceptors (Lipinski definition) is 4. The molecule has 0 unspecified atom stereocenters. The number of aromatic nitrogens is 1. The summed E-state index contributed by atoms with van der Waals surface area (Å²) in [7, 11) is 0. The zero-order valence-corrected chi connectivity index (χ0v) is 11.2. The Morgan fingerprint density at radius 3 is 2.72 bits per heavy atom. The molecule has 0 aliphatic rings. The molecule has 0 atom stereocenters. The molecule has 18 heavy (non-hydrogen) atoms. The van der Waals surface area contributed by atoms with E-state index in [1.807, 2.05) is 13.8 Å². The molecule has 6 heteroatoms. The average Bonchev–Trinajstić information content (AvgIpc) is 2.27. The Bertz CT molecular complexity index is 435. The van der Waals surface area contributed by atoms with E-state index in [-0.39, 0.29) is 22.7 Å². The van der Waals surface area contributed by atoms with E-state index in [2.05, 4.69) is 10.3 Å². The van der Waals surface area contributed by atoms with E-state index in [1.54, 1.807) is 6.07 Å². The van der Waals surface area contributed by atoms with Crippen LogP contribution in [0.4, 0.5) is 5.82 Å². The van der Waals surface area contributed by atoms with Crippen molar-refractivity contribution in [2.75, 3.05) is 18.5 Å². The van der Waals surface area contributed by atoms with Crippen molar-refractivity contribution in [3.05, 3.63) is 22.8 Å². The Morgan fingerprint density at radius 2 is 2.17 bits per heavy atom. The number of nitrogens with one attached hydrogen (secondary N) is 1. The number of nitrogens with zero attached hydrogens (tertiary/aromatic N) is 1. The summed E-state index contributed by atoms with van der Waals surface area (Å²) in [5.41, 5.74) is -0.263. The van der Waals surface area contributed by atoms with Crippen LogP contribution in [0.15, 0.2) is 12.1 Å². The highest BCUT2D eigenvalue weighted by Gasteiger charge is 2.18. The minimum absolute atomic E-state index is 0.0978.